The van der Waals surface area contributed by atoms with Gasteiger partial charge in [-0.05, 0) is 72.5 Å². The molecule has 0 aromatic rings. The summed E-state index contributed by atoms with van der Waals surface area (Å²) in [5.74, 6) is -1.12. The molecule has 4 fully saturated rings. The van der Waals surface area contributed by atoms with Gasteiger partial charge in [0, 0.05) is 31.6 Å². The number of ether oxygens (including phenoxy) is 2. The maximum atomic E-state index is 13.8. The molecule has 0 heterocycles. The van der Waals surface area contributed by atoms with Gasteiger partial charge in [0.25, 0.3) is 0 Å². The summed E-state index contributed by atoms with van der Waals surface area (Å²) >= 11 is 0. The van der Waals surface area contributed by atoms with Crippen molar-refractivity contribution in [2.45, 2.75) is 112 Å². The van der Waals surface area contributed by atoms with Gasteiger partial charge < -0.3 is 19.7 Å². The molecule has 2 N–H and O–H groups in total. The number of hydrogen-bond acceptors (Lipinski definition) is 7. The molecule has 0 saturated heterocycles. The topological polar surface area (TPSA) is 110 Å². The van der Waals surface area contributed by atoms with Crippen molar-refractivity contribution in [2.24, 2.45) is 58.2 Å². The van der Waals surface area contributed by atoms with E-state index in [0.717, 1.165) is 0 Å². The van der Waals surface area contributed by atoms with E-state index in [-0.39, 0.29) is 53.6 Å². The summed E-state index contributed by atoms with van der Waals surface area (Å²) in [6.07, 6.45) is 4.68. The SMILES string of the molecule is CC(=O)O[C@H]1CC[C@]2(C)[C@@H]3[C@@H]([C@@H](O)C(=O)[C@H]2C1)[C@@H]1C[C@H](OC(C)=O)[C@H](C(C)/C=C/C(C)C(C)C)[C@@]1(C)C[C@@H]3O. The fourth-order valence-corrected chi connectivity index (χ4v) is 9.44. The Kier molecular flexibility index (Phi) is 8.47. The minimum atomic E-state index is -1.20. The van der Waals surface area contributed by atoms with Gasteiger partial charge in [0.2, 0.25) is 0 Å². The van der Waals surface area contributed by atoms with Crippen molar-refractivity contribution < 1.29 is 34.1 Å². The molecule has 7 nitrogen and oxygen atoms in total. The fourth-order valence-electron chi connectivity index (χ4n) is 9.44. The van der Waals surface area contributed by atoms with Crippen molar-refractivity contribution in [3.05, 3.63) is 12.2 Å². The van der Waals surface area contributed by atoms with Crippen molar-refractivity contribution in [1.29, 1.82) is 0 Å². The Bertz CT molecular complexity index is 989. The standard InChI is InChI=1S/C32H50O7/c1-16(2)17(3)9-10-18(4)27-25(39-20(6)34)14-22-26-28(24(35)15-32(22,27)8)31(7)12-11-21(38-19(5)33)13-23(31)29(36)30(26)37/h9-10,16-18,21-28,30,35,37H,11-15H2,1-8H3/b10-9+/t17?,18?,21-,22-,23+,24-,25-,26-,27-,28-,30+,31-,32-/m0/s1. The van der Waals surface area contributed by atoms with Gasteiger partial charge in [-0.1, -0.05) is 53.7 Å². The van der Waals surface area contributed by atoms with Gasteiger partial charge in [0.05, 0.1) is 6.10 Å². The first-order valence-corrected chi connectivity index (χ1v) is 15.0. The van der Waals surface area contributed by atoms with Gasteiger partial charge in [0.15, 0.2) is 5.78 Å². The number of carbonyl (C=O) groups excluding carboxylic acids is 3. The Morgan fingerprint density at radius 2 is 1.62 bits per heavy atom. The number of fused-ring (bicyclic) bond motifs is 5. The number of esters is 2. The summed E-state index contributed by atoms with van der Waals surface area (Å²) in [7, 11) is 0. The molecular weight excluding hydrogens is 496 g/mol. The van der Waals surface area contributed by atoms with Crippen LogP contribution in [0, 0.1) is 58.2 Å². The smallest absolute Gasteiger partial charge is 0.302 e. The molecule has 13 atom stereocenters. The molecule has 2 unspecified atom stereocenters. The molecular formula is C32H50O7. The van der Waals surface area contributed by atoms with E-state index < -0.39 is 34.9 Å². The Morgan fingerprint density at radius 1 is 0.974 bits per heavy atom. The molecule has 0 bridgehead atoms. The molecule has 0 aromatic heterocycles. The quantitative estimate of drug-likeness (QED) is 0.366. The van der Waals surface area contributed by atoms with Crippen LogP contribution in [0.3, 0.4) is 0 Å². The van der Waals surface area contributed by atoms with Gasteiger partial charge >= 0.3 is 11.9 Å². The average molecular weight is 547 g/mol. The third-order valence-corrected chi connectivity index (χ3v) is 11.5. The van der Waals surface area contributed by atoms with E-state index in [2.05, 4.69) is 53.7 Å². The number of hydrogen-bond donors (Lipinski definition) is 2. The van der Waals surface area contributed by atoms with E-state index in [4.69, 9.17) is 9.47 Å². The molecule has 0 amide bonds. The summed E-state index contributed by atoms with van der Waals surface area (Å²) < 4.78 is 11.4. The van der Waals surface area contributed by atoms with Crippen molar-refractivity contribution >= 4 is 17.7 Å². The molecule has 4 aliphatic carbocycles. The third kappa shape index (κ3) is 5.23. The second-order valence-electron chi connectivity index (χ2n) is 14.2. The van der Waals surface area contributed by atoms with E-state index >= 15 is 0 Å². The van der Waals surface area contributed by atoms with Crippen LogP contribution >= 0.6 is 0 Å². The summed E-state index contributed by atoms with van der Waals surface area (Å²) in [5, 5.41) is 23.5. The van der Waals surface area contributed by atoms with E-state index in [9.17, 15) is 24.6 Å². The highest BCUT2D eigenvalue weighted by atomic mass is 16.5. The van der Waals surface area contributed by atoms with Crippen molar-refractivity contribution in [3.8, 4) is 0 Å². The summed E-state index contributed by atoms with van der Waals surface area (Å²) in [6.45, 7) is 15.8. The molecule has 0 spiro atoms. The normalized spacial score (nSPS) is 45.3. The first-order valence-electron chi connectivity index (χ1n) is 15.0. The molecule has 4 aliphatic rings. The number of rotatable bonds is 6. The van der Waals surface area contributed by atoms with Crippen molar-refractivity contribution in [1.82, 2.24) is 0 Å². The van der Waals surface area contributed by atoms with Crippen LogP contribution in [0.2, 0.25) is 0 Å². The van der Waals surface area contributed by atoms with Gasteiger partial charge in [-0.3, -0.25) is 14.4 Å². The zero-order valence-electron chi connectivity index (χ0n) is 25.1. The summed E-state index contributed by atoms with van der Waals surface area (Å²) in [6, 6.07) is 0. The van der Waals surface area contributed by atoms with Crippen LogP contribution in [0.25, 0.3) is 0 Å². The first kappa shape index (κ1) is 30.2. The molecule has 39 heavy (non-hydrogen) atoms. The van der Waals surface area contributed by atoms with E-state index in [1.807, 2.05) is 0 Å². The average Bonchev–Trinajstić information content (AvgIpc) is 3.10. The highest BCUT2D eigenvalue weighted by Crippen LogP contribution is 2.68. The van der Waals surface area contributed by atoms with Crippen LogP contribution in [-0.2, 0) is 23.9 Å². The van der Waals surface area contributed by atoms with Crippen LogP contribution in [0.5, 0.6) is 0 Å². The zero-order chi connectivity index (χ0) is 29.0. The lowest BCUT2D eigenvalue weighted by molar-refractivity contribution is -0.211. The molecule has 4 rings (SSSR count). The van der Waals surface area contributed by atoms with Crippen LogP contribution in [-0.4, -0.2) is 52.4 Å². The molecule has 7 heteroatoms. The summed E-state index contributed by atoms with van der Waals surface area (Å²) in [5.41, 5.74) is -0.906. The van der Waals surface area contributed by atoms with Crippen molar-refractivity contribution in [3.63, 3.8) is 0 Å². The van der Waals surface area contributed by atoms with Gasteiger partial charge in [-0.15, -0.1) is 0 Å². The number of aliphatic hydroxyl groups is 2. The Balaban J connectivity index is 1.70. The maximum absolute atomic E-state index is 13.8. The van der Waals surface area contributed by atoms with E-state index in [1.54, 1.807) is 0 Å². The maximum Gasteiger partial charge on any atom is 0.302 e. The second-order valence-corrected chi connectivity index (χ2v) is 14.2. The zero-order valence-corrected chi connectivity index (χ0v) is 25.1. The fraction of sp³-hybridized carbons (Fsp3) is 0.844. The number of ketones is 1. The van der Waals surface area contributed by atoms with Gasteiger partial charge in [-0.25, -0.2) is 0 Å². The third-order valence-electron chi connectivity index (χ3n) is 11.5. The largest absolute Gasteiger partial charge is 0.463 e. The second kappa shape index (κ2) is 10.9. The van der Waals surface area contributed by atoms with Crippen LogP contribution in [0.15, 0.2) is 12.2 Å². The van der Waals surface area contributed by atoms with Gasteiger partial charge in [0.1, 0.15) is 18.3 Å². The number of allylic oxidation sites excluding steroid dienone is 2. The lowest BCUT2D eigenvalue weighted by atomic mass is 9.42. The molecule has 0 aliphatic heterocycles. The van der Waals surface area contributed by atoms with Crippen LogP contribution < -0.4 is 0 Å². The van der Waals surface area contributed by atoms with E-state index in [1.165, 1.54) is 13.8 Å². The van der Waals surface area contributed by atoms with Crippen LogP contribution in [0.4, 0.5) is 0 Å². The minimum Gasteiger partial charge on any atom is -0.463 e. The number of aliphatic hydroxyl groups excluding tert-OH is 2. The Hall–Kier alpha value is -1.73. The summed E-state index contributed by atoms with van der Waals surface area (Å²) in [4.78, 5) is 37.6. The van der Waals surface area contributed by atoms with Crippen molar-refractivity contribution in [2.75, 3.05) is 0 Å². The number of carbonyl (C=O) groups is 3. The number of Topliss-reactive ketones (excluding diaryl/α,β-unsaturated/α-hetero) is 1. The molecule has 0 radical (unpaired) electrons. The lowest BCUT2D eigenvalue weighted by Crippen LogP contribution is -2.66. The molecule has 0 aromatic carbocycles. The van der Waals surface area contributed by atoms with E-state index in [0.29, 0.717) is 43.9 Å². The van der Waals surface area contributed by atoms with Crippen LogP contribution in [0.1, 0.15) is 87.5 Å². The lowest BCUT2D eigenvalue weighted by Gasteiger charge is -2.62. The Labute approximate surface area is 234 Å². The first-order chi connectivity index (χ1) is 18.1. The predicted molar refractivity (Wildman–Crippen MR) is 147 cm³/mol. The van der Waals surface area contributed by atoms with Gasteiger partial charge in [-0.2, -0.15) is 0 Å². The molecule has 4 saturated carbocycles. The highest BCUT2D eigenvalue weighted by Gasteiger charge is 2.69. The highest BCUT2D eigenvalue weighted by molar-refractivity contribution is 5.87. The Morgan fingerprint density at radius 3 is 2.21 bits per heavy atom. The molecule has 220 valence electrons. The monoisotopic (exact) mass is 546 g/mol. The predicted octanol–water partition coefficient (Wildman–Crippen LogP) is 4.72. The minimum absolute atomic E-state index is 0.0369.